The van der Waals surface area contributed by atoms with Gasteiger partial charge in [-0.15, -0.1) is 0 Å². The molecule has 18 heavy (non-hydrogen) atoms. The van der Waals surface area contributed by atoms with Crippen molar-refractivity contribution in [1.29, 1.82) is 0 Å². The number of fused-ring (bicyclic) bond motifs is 1. The minimum Gasteiger partial charge on any atom is -0.508 e. The molecule has 1 fully saturated rings. The zero-order valence-corrected chi connectivity index (χ0v) is 10.9. The van der Waals surface area contributed by atoms with E-state index in [0.717, 1.165) is 24.2 Å². The lowest BCUT2D eigenvalue weighted by molar-refractivity contribution is 0.0447. The molecule has 0 spiro atoms. The van der Waals surface area contributed by atoms with Crippen LogP contribution in [0.2, 0.25) is 0 Å². The normalized spacial score (nSPS) is 28.5. The van der Waals surface area contributed by atoms with Crippen LogP contribution in [0.1, 0.15) is 31.2 Å². The molecule has 2 atom stereocenters. The molecule has 0 aliphatic carbocycles. The van der Waals surface area contributed by atoms with Crippen molar-refractivity contribution in [3.05, 3.63) is 23.8 Å². The molecule has 3 heteroatoms. The summed E-state index contributed by atoms with van der Waals surface area (Å²) in [4.78, 5) is 2.44. The Bertz CT molecular complexity index is 433. The van der Waals surface area contributed by atoms with E-state index in [9.17, 15) is 5.11 Å². The molecule has 1 aromatic rings. The number of likely N-dealkylation sites (N-methyl/N-ethyl adjacent to an activating group) is 1. The second-order valence-corrected chi connectivity index (χ2v) is 5.53. The Balaban J connectivity index is 1.76. The van der Waals surface area contributed by atoms with Crippen molar-refractivity contribution in [2.45, 2.75) is 44.2 Å². The molecule has 0 radical (unpaired) electrons. The SMILES string of the molecule is CN1CCCC[C@H]1[C@H]1CCc2cc(O)ccc2O1. The van der Waals surface area contributed by atoms with E-state index in [1.807, 2.05) is 12.1 Å². The van der Waals surface area contributed by atoms with E-state index >= 15 is 0 Å². The number of benzene rings is 1. The summed E-state index contributed by atoms with van der Waals surface area (Å²) in [5.74, 6) is 1.30. The van der Waals surface area contributed by atoms with Crippen LogP contribution in [0.5, 0.6) is 11.5 Å². The smallest absolute Gasteiger partial charge is 0.123 e. The van der Waals surface area contributed by atoms with E-state index in [4.69, 9.17) is 4.74 Å². The fourth-order valence-corrected chi connectivity index (χ4v) is 3.24. The van der Waals surface area contributed by atoms with Gasteiger partial charge in [-0.1, -0.05) is 6.42 Å². The maximum atomic E-state index is 9.48. The molecule has 1 saturated heterocycles. The molecule has 0 unspecified atom stereocenters. The Morgan fingerprint density at radius 1 is 1.28 bits per heavy atom. The summed E-state index contributed by atoms with van der Waals surface area (Å²) in [5.41, 5.74) is 1.14. The van der Waals surface area contributed by atoms with Crippen LogP contribution in [0.15, 0.2) is 18.2 Å². The molecule has 0 amide bonds. The third kappa shape index (κ3) is 2.19. The first kappa shape index (κ1) is 11.8. The lowest BCUT2D eigenvalue weighted by atomic mass is 9.91. The first-order valence-electron chi connectivity index (χ1n) is 6.93. The van der Waals surface area contributed by atoms with Crippen molar-refractivity contribution in [3.63, 3.8) is 0 Å². The highest BCUT2D eigenvalue weighted by Gasteiger charge is 2.31. The molecule has 3 nitrogen and oxygen atoms in total. The molecular formula is C15H21NO2. The van der Waals surface area contributed by atoms with Crippen LogP contribution in [0.4, 0.5) is 0 Å². The third-order valence-corrected chi connectivity index (χ3v) is 4.28. The van der Waals surface area contributed by atoms with Gasteiger partial charge >= 0.3 is 0 Å². The van der Waals surface area contributed by atoms with Gasteiger partial charge in [0, 0.05) is 6.04 Å². The number of phenolic OH excluding ortho intramolecular Hbond substituents is 1. The number of rotatable bonds is 1. The second kappa shape index (κ2) is 4.81. The number of likely N-dealkylation sites (tertiary alicyclic amines) is 1. The van der Waals surface area contributed by atoms with Crippen molar-refractivity contribution >= 4 is 0 Å². The lowest BCUT2D eigenvalue weighted by Crippen LogP contribution is -2.48. The lowest BCUT2D eigenvalue weighted by Gasteiger charge is -2.40. The van der Waals surface area contributed by atoms with Crippen LogP contribution in [-0.2, 0) is 6.42 Å². The highest BCUT2D eigenvalue weighted by atomic mass is 16.5. The van der Waals surface area contributed by atoms with E-state index < -0.39 is 0 Å². The maximum Gasteiger partial charge on any atom is 0.123 e. The number of ether oxygens (including phenoxy) is 1. The Kier molecular flexibility index (Phi) is 3.16. The topological polar surface area (TPSA) is 32.7 Å². The minimum absolute atomic E-state index is 0.312. The van der Waals surface area contributed by atoms with Crippen molar-refractivity contribution in [2.24, 2.45) is 0 Å². The highest BCUT2D eigenvalue weighted by Crippen LogP contribution is 2.33. The van der Waals surface area contributed by atoms with Crippen LogP contribution >= 0.6 is 0 Å². The summed E-state index contributed by atoms with van der Waals surface area (Å²) >= 11 is 0. The zero-order valence-electron chi connectivity index (χ0n) is 10.9. The van der Waals surface area contributed by atoms with Gasteiger partial charge in [0.15, 0.2) is 0 Å². The van der Waals surface area contributed by atoms with E-state index in [2.05, 4.69) is 11.9 Å². The molecule has 0 aromatic heterocycles. The quantitative estimate of drug-likeness (QED) is 0.828. The summed E-state index contributed by atoms with van der Waals surface area (Å²) in [5, 5.41) is 9.48. The van der Waals surface area contributed by atoms with Crippen molar-refractivity contribution in [1.82, 2.24) is 4.90 Å². The van der Waals surface area contributed by atoms with Crippen molar-refractivity contribution in [2.75, 3.05) is 13.6 Å². The summed E-state index contributed by atoms with van der Waals surface area (Å²) in [7, 11) is 2.21. The molecule has 1 N–H and O–H groups in total. The Morgan fingerprint density at radius 3 is 3.00 bits per heavy atom. The molecule has 2 aliphatic rings. The van der Waals surface area contributed by atoms with Gasteiger partial charge in [-0.05, 0) is 63.0 Å². The molecular weight excluding hydrogens is 226 g/mol. The van der Waals surface area contributed by atoms with Crippen LogP contribution < -0.4 is 4.74 Å². The summed E-state index contributed by atoms with van der Waals surface area (Å²) in [6.45, 7) is 1.19. The molecule has 98 valence electrons. The van der Waals surface area contributed by atoms with Gasteiger partial charge in [0.05, 0.1) is 0 Å². The molecule has 2 aliphatic heterocycles. The fraction of sp³-hybridized carbons (Fsp3) is 0.600. The maximum absolute atomic E-state index is 9.48. The number of piperidine rings is 1. The van der Waals surface area contributed by atoms with Gasteiger partial charge < -0.3 is 9.84 Å². The number of hydrogen-bond acceptors (Lipinski definition) is 3. The number of aryl methyl sites for hydroxylation is 1. The van der Waals surface area contributed by atoms with Crippen molar-refractivity contribution < 1.29 is 9.84 Å². The minimum atomic E-state index is 0.312. The number of aromatic hydroxyl groups is 1. The van der Waals surface area contributed by atoms with Crippen molar-refractivity contribution in [3.8, 4) is 11.5 Å². The fourth-order valence-electron chi connectivity index (χ4n) is 3.24. The molecule has 1 aromatic carbocycles. The molecule has 2 heterocycles. The van der Waals surface area contributed by atoms with E-state index in [-0.39, 0.29) is 0 Å². The van der Waals surface area contributed by atoms with Gasteiger partial charge in [0.25, 0.3) is 0 Å². The Labute approximate surface area is 108 Å². The predicted molar refractivity (Wildman–Crippen MR) is 71.1 cm³/mol. The van der Waals surface area contributed by atoms with Gasteiger partial charge in [0.1, 0.15) is 17.6 Å². The third-order valence-electron chi connectivity index (χ3n) is 4.28. The van der Waals surface area contributed by atoms with E-state index in [1.165, 1.54) is 25.8 Å². The van der Waals surface area contributed by atoms with Crippen LogP contribution in [0.25, 0.3) is 0 Å². The van der Waals surface area contributed by atoms with Gasteiger partial charge in [-0.3, -0.25) is 4.90 Å². The first-order valence-corrected chi connectivity index (χ1v) is 6.93. The Morgan fingerprint density at radius 2 is 2.17 bits per heavy atom. The van der Waals surface area contributed by atoms with Crippen LogP contribution in [-0.4, -0.2) is 35.7 Å². The molecule has 3 rings (SSSR count). The van der Waals surface area contributed by atoms with Gasteiger partial charge in [0.2, 0.25) is 0 Å². The predicted octanol–water partition coefficient (Wildman–Crippen LogP) is 2.57. The van der Waals surface area contributed by atoms with Crippen LogP contribution in [0, 0.1) is 0 Å². The monoisotopic (exact) mass is 247 g/mol. The van der Waals surface area contributed by atoms with Gasteiger partial charge in [-0.2, -0.15) is 0 Å². The summed E-state index contributed by atoms with van der Waals surface area (Å²) in [6.07, 6.45) is 6.26. The van der Waals surface area contributed by atoms with E-state index in [0.29, 0.717) is 17.9 Å². The highest BCUT2D eigenvalue weighted by molar-refractivity contribution is 5.41. The second-order valence-electron chi connectivity index (χ2n) is 5.53. The van der Waals surface area contributed by atoms with Crippen LogP contribution in [0.3, 0.4) is 0 Å². The average molecular weight is 247 g/mol. The van der Waals surface area contributed by atoms with E-state index in [1.54, 1.807) is 6.07 Å². The summed E-state index contributed by atoms with van der Waals surface area (Å²) < 4.78 is 6.14. The molecule has 0 bridgehead atoms. The summed E-state index contributed by atoms with van der Waals surface area (Å²) in [6, 6.07) is 6.00. The molecule has 0 saturated carbocycles. The largest absolute Gasteiger partial charge is 0.508 e. The zero-order chi connectivity index (χ0) is 12.5. The first-order chi connectivity index (χ1) is 8.74. The Hall–Kier alpha value is -1.22. The van der Waals surface area contributed by atoms with Gasteiger partial charge in [-0.25, -0.2) is 0 Å². The average Bonchev–Trinajstić information content (AvgIpc) is 2.39. The number of hydrogen-bond donors (Lipinski definition) is 1. The standard InChI is InChI=1S/C15H21NO2/c1-16-9-3-2-4-13(16)15-7-5-11-10-12(17)6-8-14(11)18-15/h6,8,10,13,15,17H,2-5,7,9H2,1H3/t13-,15+/m0/s1. The number of nitrogens with zero attached hydrogens (tertiary/aromatic N) is 1. The number of phenols is 1.